The van der Waals surface area contributed by atoms with Crippen LogP contribution in [0.4, 0.5) is 0 Å². The molecule has 0 saturated carbocycles. The normalized spacial score (nSPS) is 19.6. The number of carbonyl (C=O) groups excluding carboxylic acids is 1. The van der Waals surface area contributed by atoms with Gasteiger partial charge in [-0.05, 0) is 19.4 Å². The fourth-order valence-corrected chi connectivity index (χ4v) is 4.16. The third-order valence-electron chi connectivity index (χ3n) is 2.84. The standard InChI is InChI=1S/C11H19NOSi/c1-11(10(12)13,8-14(2)3)9-6-4-5-7-9/h4-6,14H,7-8H2,1-3H3,(H2,12,13). The van der Waals surface area contributed by atoms with Crippen LogP contribution in [0.5, 0.6) is 0 Å². The average molecular weight is 209 g/mol. The second-order valence-corrected chi connectivity index (χ2v) is 7.81. The highest BCUT2D eigenvalue weighted by molar-refractivity contribution is 6.56. The van der Waals surface area contributed by atoms with Crippen LogP contribution in [-0.2, 0) is 4.79 Å². The van der Waals surface area contributed by atoms with Gasteiger partial charge in [0.1, 0.15) is 0 Å². The molecule has 0 radical (unpaired) electrons. The first-order valence-corrected chi connectivity index (χ1v) is 8.25. The molecule has 0 aliphatic heterocycles. The van der Waals surface area contributed by atoms with Crippen LogP contribution in [0.15, 0.2) is 23.8 Å². The first-order valence-electron chi connectivity index (χ1n) is 5.13. The van der Waals surface area contributed by atoms with Crippen LogP contribution >= 0.6 is 0 Å². The smallest absolute Gasteiger partial charge is 0.227 e. The molecule has 0 saturated heterocycles. The lowest BCUT2D eigenvalue weighted by atomic mass is 9.82. The Morgan fingerprint density at radius 2 is 2.29 bits per heavy atom. The lowest BCUT2D eigenvalue weighted by molar-refractivity contribution is -0.124. The lowest BCUT2D eigenvalue weighted by Crippen LogP contribution is -2.38. The van der Waals surface area contributed by atoms with Crippen molar-refractivity contribution in [2.24, 2.45) is 11.1 Å². The zero-order valence-electron chi connectivity index (χ0n) is 9.21. The topological polar surface area (TPSA) is 43.1 Å². The molecule has 78 valence electrons. The number of hydrogen-bond acceptors (Lipinski definition) is 1. The van der Waals surface area contributed by atoms with Gasteiger partial charge >= 0.3 is 0 Å². The van der Waals surface area contributed by atoms with Gasteiger partial charge in [0.15, 0.2) is 0 Å². The Kier molecular flexibility index (Phi) is 3.32. The predicted molar refractivity (Wildman–Crippen MR) is 62.8 cm³/mol. The molecule has 0 fully saturated rings. The SMILES string of the molecule is C[SiH](C)CC(C)(C(N)=O)C1=CC=CC1. The minimum Gasteiger partial charge on any atom is -0.369 e. The number of allylic oxidation sites excluding steroid dienone is 3. The number of hydrogen-bond donors (Lipinski definition) is 1. The van der Waals surface area contributed by atoms with Crippen LogP contribution < -0.4 is 5.73 Å². The molecule has 1 atom stereocenters. The molecule has 0 bridgehead atoms. The summed E-state index contributed by atoms with van der Waals surface area (Å²) in [6, 6.07) is 0.968. The molecular formula is C11H19NOSi. The third kappa shape index (κ3) is 2.15. The molecule has 1 aliphatic rings. The summed E-state index contributed by atoms with van der Waals surface area (Å²) in [6.07, 6.45) is 7.03. The Morgan fingerprint density at radius 1 is 1.64 bits per heavy atom. The van der Waals surface area contributed by atoms with Crippen molar-refractivity contribution in [2.45, 2.75) is 32.5 Å². The maximum atomic E-state index is 11.5. The quantitative estimate of drug-likeness (QED) is 0.706. The van der Waals surface area contributed by atoms with Crippen molar-refractivity contribution in [3.63, 3.8) is 0 Å². The van der Waals surface area contributed by atoms with E-state index >= 15 is 0 Å². The Bertz CT molecular complexity index is 294. The molecule has 0 heterocycles. The summed E-state index contributed by atoms with van der Waals surface area (Å²) >= 11 is 0. The van der Waals surface area contributed by atoms with Gasteiger partial charge in [-0.25, -0.2) is 0 Å². The van der Waals surface area contributed by atoms with E-state index < -0.39 is 14.2 Å². The number of carbonyl (C=O) groups is 1. The number of primary amides is 1. The van der Waals surface area contributed by atoms with Crippen molar-refractivity contribution >= 4 is 14.7 Å². The van der Waals surface area contributed by atoms with Crippen molar-refractivity contribution in [1.29, 1.82) is 0 Å². The van der Waals surface area contributed by atoms with Crippen molar-refractivity contribution < 1.29 is 4.79 Å². The molecule has 2 nitrogen and oxygen atoms in total. The van der Waals surface area contributed by atoms with Crippen LogP contribution in [0.25, 0.3) is 0 Å². The first-order chi connectivity index (χ1) is 6.47. The van der Waals surface area contributed by atoms with E-state index in [0.717, 1.165) is 12.5 Å². The maximum Gasteiger partial charge on any atom is 0.227 e. The second kappa shape index (κ2) is 4.13. The highest BCUT2D eigenvalue weighted by Gasteiger charge is 2.35. The zero-order valence-corrected chi connectivity index (χ0v) is 10.4. The maximum absolute atomic E-state index is 11.5. The van der Waals surface area contributed by atoms with E-state index in [1.165, 1.54) is 5.57 Å². The zero-order chi connectivity index (χ0) is 10.8. The minimum atomic E-state index is -0.777. The van der Waals surface area contributed by atoms with Gasteiger partial charge in [-0.1, -0.05) is 36.9 Å². The van der Waals surface area contributed by atoms with E-state index in [-0.39, 0.29) is 5.91 Å². The summed E-state index contributed by atoms with van der Waals surface area (Å²) in [6.45, 7) is 6.50. The molecule has 1 aliphatic carbocycles. The Morgan fingerprint density at radius 3 is 2.64 bits per heavy atom. The molecule has 1 rings (SSSR count). The van der Waals surface area contributed by atoms with Crippen LogP contribution in [0, 0.1) is 5.41 Å². The summed E-state index contributed by atoms with van der Waals surface area (Å²) in [5, 5.41) is 0. The van der Waals surface area contributed by atoms with Gasteiger partial charge in [-0.3, -0.25) is 4.79 Å². The van der Waals surface area contributed by atoms with Crippen molar-refractivity contribution in [1.82, 2.24) is 0 Å². The monoisotopic (exact) mass is 209 g/mol. The van der Waals surface area contributed by atoms with Crippen molar-refractivity contribution in [3.05, 3.63) is 23.8 Å². The fraction of sp³-hybridized carbons (Fsp3) is 0.545. The van der Waals surface area contributed by atoms with Gasteiger partial charge < -0.3 is 5.73 Å². The predicted octanol–water partition coefficient (Wildman–Crippen LogP) is 1.85. The van der Waals surface area contributed by atoms with Gasteiger partial charge in [-0.2, -0.15) is 0 Å². The van der Waals surface area contributed by atoms with Crippen LogP contribution in [0.2, 0.25) is 19.1 Å². The van der Waals surface area contributed by atoms with E-state index in [0.29, 0.717) is 0 Å². The summed E-state index contributed by atoms with van der Waals surface area (Å²) in [5.41, 5.74) is 6.30. The minimum absolute atomic E-state index is 0.173. The molecule has 2 N–H and O–H groups in total. The van der Waals surface area contributed by atoms with Crippen molar-refractivity contribution in [3.8, 4) is 0 Å². The summed E-state index contributed by atoms with van der Waals surface area (Å²) < 4.78 is 0. The Balaban J connectivity index is 2.87. The molecule has 1 unspecified atom stereocenters. The molecule has 1 amide bonds. The van der Waals surface area contributed by atoms with Crippen LogP contribution in [0.3, 0.4) is 0 Å². The van der Waals surface area contributed by atoms with Gasteiger partial charge in [-0.15, -0.1) is 0 Å². The van der Waals surface area contributed by atoms with Gasteiger partial charge in [0, 0.05) is 8.80 Å². The van der Waals surface area contributed by atoms with E-state index in [1.54, 1.807) is 0 Å². The van der Waals surface area contributed by atoms with E-state index in [1.807, 2.05) is 19.1 Å². The summed E-state index contributed by atoms with van der Waals surface area (Å²) in [4.78, 5) is 11.5. The Labute approximate surface area is 87.5 Å². The van der Waals surface area contributed by atoms with Crippen LogP contribution in [-0.4, -0.2) is 14.7 Å². The molecule has 0 aromatic carbocycles. The average Bonchev–Trinajstić information content (AvgIpc) is 2.53. The fourth-order valence-electron chi connectivity index (χ4n) is 2.06. The highest BCUT2D eigenvalue weighted by Crippen LogP contribution is 2.36. The van der Waals surface area contributed by atoms with Gasteiger partial charge in [0.2, 0.25) is 5.91 Å². The number of rotatable bonds is 4. The molecule has 0 aromatic heterocycles. The first kappa shape index (κ1) is 11.2. The molecule has 14 heavy (non-hydrogen) atoms. The molecule has 0 aromatic rings. The summed E-state index contributed by atoms with van der Waals surface area (Å²) in [7, 11) is -0.777. The lowest BCUT2D eigenvalue weighted by Gasteiger charge is -2.29. The second-order valence-electron chi connectivity index (χ2n) is 4.62. The van der Waals surface area contributed by atoms with Gasteiger partial charge in [0.25, 0.3) is 0 Å². The van der Waals surface area contributed by atoms with E-state index in [9.17, 15) is 4.79 Å². The molecule has 3 heteroatoms. The van der Waals surface area contributed by atoms with Crippen LogP contribution in [0.1, 0.15) is 13.3 Å². The number of amides is 1. The van der Waals surface area contributed by atoms with E-state index in [2.05, 4.69) is 19.2 Å². The van der Waals surface area contributed by atoms with E-state index in [4.69, 9.17) is 5.73 Å². The number of nitrogens with two attached hydrogens (primary N) is 1. The Hall–Kier alpha value is -0.833. The highest BCUT2D eigenvalue weighted by atomic mass is 28.3. The van der Waals surface area contributed by atoms with Gasteiger partial charge in [0.05, 0.1) is 5.41 Å². The molecular weight excluding hydrogens is 190 g/mol. The molecule has 0 spiro atoms. The summed E-state index contributed by atoms with van der Waals surface area (Å²) in [5.74, 6) is -0.173. The van der Waals surface area contributed by atoms with Crippen molar-refractivity contribution in [2.75, 3.05) is 0 Å². The largest absolute Gasteiger partial charge is 0.369 e. The third-order valence-corrected chi connectivity index (χ3v) is 4.47.